The summed E-state index contributed by atoms with van der Waals surface area (Å²) in [6.45, 7) is 10.2. The van der Waals surface area contributed by atoms with Crippen molar-refractivity contribution >= 4 is 29.7 Å². The van der Waals surface area contributed by atoms with Crippen molar-refractivity contribution in [2.75, 3.05) is 6.61 Å². The van der Waals surface area contributed by atoms with E-state index in [4.69, 9.17) is 28.4 Å². The molecule has 312 valence electrons. The van der Waals surface area contributed by atoms with Gasteiger partial charge in [0, 0.05) is 44.9 Å². The summed E-state index contributed by atoms with van der Waals surface area (Å²) >= 11 is 0. The molecule has 0 aromatic heterocycles. The highest BCUT2D eigenvalue weighted by Crippen LogP contribution is 2.65. The number of fused-ring (bicyclic) bond motifs is 5. The molecule has 59 heavy (non-hydrogen) atoms. The first kappa shape index (κ1) is 42.0. The van der Waals surface area contributed by atoms with Crippen molar-refractivity contribution in [2.45, 2.75) is 116 Å². The number of rotatable bonds is 10. The number of aliphatic hydroxyl groups is 1. The zero-order valence-corrected chi connectivity index (χ0v) is 34.5. The Bertz CT molecular complexity index is 2150. The number of hydrogen-bond donors (Lipinski definition) is 1. The van der Waals surface area contributed by atoms with Crippen molar-refractivity contribution in [2.24, 2.45) is 16.7 Å². The first-order valence-corrected chi connectivity index (χ1v) is 20.0. The van der Waals surface area contributed by atoms with E-state index in [0.717, 1.165) is 16.7 Å². The maximum atomic E-state index is 15.9. The van der Waals surface area contributed by atoms with E-state index in [2.05, 4.69) is 0 Å². The molecule has 3 fully saturated rings. The molecular formula is C47H52O12. The molecule has 0 unspecified atom stereocenters. The van der Waals surface area contributed by atoms with E-state index in [-0.39, 0.29) is 38.0 Å². The molecule has 12 heteroatoms. The lowest BCUT2D eigenvalue weighted by molar-refractivity contribution is -0.352. The van der Waals surface area contributed by atoms with Gasteiger partial charge in [0.2, 0.25) is 0 Å². The number of benzene rings is 3. The highest BCUT2D eigenvalue weighted by atomic mass is 16.6. The molecule has 2 bridgehead atoms. The van der Waals surface area contributed by atoms with Gasteiger partial charge in [-0.2, -0.15) is 0 Å². The van der Waals surface area contributed by atoms with Crippen LogP contribution in [0, 0.1) is 16.7 Å². The minimum atomic E-state index is -2.00. The number of esters is 4. The summed E-state index contributed by atoms with van der Waals surface area (Å²) in [6, 6.07) is 26.6. The molecule has 0 spiro atoms. The van der Waals surface area contributed by atoms with Crippen LogP contribution in [0.1, 0.15) is 72.4 Å². The predicted octanol–water partition coefficient (Wildman–Crippen LogP) is 6.04. The fourth-order valence-electron chi connectivity index (χ4n) is 10.3. The van der Waals surface area contributed by atoms with Crippen LogP contribution in [0.15, 0.2) is 96.1 Å². The third kappa shape index (κ3) is 7.29. The molecular weight excluding hydrogens is 757 g/mol. The number of carbonyl (C=O) groups is 5. The quantitative estimate of drug-likeness (QED) is 0.144. The van der Waals surface area contributed by atoms with Gasteiger partial charge in [-0.05, 0) is 47.2 Å². The fourth-order valence-corrected chi connectivity index (χ4v) is 10.3. The summed E-state index contributed by atoms with van der Waals surface area (Å²) in [5.41, 5.74) is -2.70. The largest absolute Gasteiger partial charge is 0.461 e. The van der Waals surface area contributed by atoms with Crippen LogP contribution >= 0.6 is 0 Å². The lowest BCUT2D eigenvalue weighted by atomic mass is 9.44. The van der Waals surface area contributed by atoms with Gasteiger partial charge >= 0.3 is 23.9 Å². The Balaban J connectivity index is 1.39. The van der Waals surface area contributed by atoms with Gasteiger partial charge < -0.3 is 33.5 Å². The van der Waals surface area contributed by atoms with Crippen LogP contribution in [0.3, 0.4) is 0 Å². The molecule has 2 saturated carbocycles. The van der Waals surface area contributed by atoms with Crippen molar-refractivity contribution in [1.29, 1.82) is 0 Å². The van der Waals surface area contributed by atoms with E-state index in [1.807, 2.05) is 84.9 Å². The van der Waals surface area contributed by atoms with Crippen LogP contribution in [0.5, 0.6) is 0 Å². The van der Waals surface area contributed by atoms with Gasteiger partial charge in [-0.3, -0.25) is 24.0 Å². The molecule has 3 aliphatic carbocycles. The molecule has 3 aromatic carbocycles. The van der Waals surface area contributed by atoms with Gasteiger partial charge in [0.15, 0.2) is 17.5 Å². The summed E-state index contributed by atoms with van der Waals surface area (Å²) < 4.78 is 37.5. The van der Waals surface area contributed by atoms with Crippen molar-refractivity contribution in [3.63, 3.8) is 0 Å². The minimum Gasteiger partial charge on any atom is -0.461 e. The van der Waals surface area contributed by atoms with Gasteiger partial charge in [-0.15, -0.1) is 0 Å². The number of hydrogen-bond acceptors (Lipinski definition) is 12. The molecule has 1 saturated heterocycles. The van der Waals surface area contributed by atoms with Gasteiger partial charge in [0.05, 0.1) is 31.2 Å². The Morgan fingerprint density at radius 1 is 0.780 bits per heavy atom. The van der Waals surface area contributed by atoms with Gasteiger partial charge in [-0.1, -0.05) is 98.8 Å². The summed E-state index contributed by atoms with van der Waals surface area (Å²) in [6.07, 6.45) is -6.54. The van der Waals surface area contributed by atoms with Crippen LogP contribution in [0.25, 0.3) is 11.1 Å². The highest BCUT2D eigenvalue weighted by molar-refractivity contribution is 5.95. The Labute approximate surface area is 344 Å². The second-order valence-electron chi connectivity index (χ2n) is 17.1. The SMILES string of the molecule is CC(=O)O[C@H]1C(=O)[C@]2(C)[C@@H](OC(=O)Cc3ccc(-c4ccccc4)cc3)C[C@H]3OC[C@@]3(OC(C)=O)[C@H]2[C@H](OCc2ccccc2)[C@]2(O)C[C@H](OC(C)=O)C(C)=C1C2(C)C. The molecule has 4 aliphatic rings. The lowest BCUT2D eigenvalue weighted by Gasteiger charge is -2.68. The Kier molecular flexibility index (Phi) is 11.2. The second kappa shape index (κ2) is 15.8. The van der Waals surface area contributed by atoms with E-state index in [9.17, 15) is 24.3 Å². The summed E-state index contributed by atoms with van der Waals surface area (Å²) in [4.78, 5) is 68.7. The second-order valence-corrected chi connectivity index (χ2v) is 17.1. The van der Waals surface area contributed by atoms with Crippen molar-refractivity contribution in [3.8, 4) is 11.1 Å². The van der Waals surface area contributed by atoms with E-state index < -0.39 is 88.1 Å². The summed E-state index contributed by atoms with van der Waals surface area (Å²) in [5.74, 6) is -4.61. The molecule has 1 N–H and O–H groups in total. The third-order valence-corrected chi connectivity index (χ3v) is 13.2. The Morgan fingerprint density at radius 2 is 1.39 bits per heavy atom. The van der Waals surface area contributed by atoms with E-state index in [1.54, 1.807) is 27.7 Å². The summed E-state index contributed by atoms with van der Waals surface area (Å²) in [5, 5.41) is 13.6. The topological polar surface area (TPSA) is 161 Å². The number of Topliss-reactive ketones (excluding diaryl/α,β-unsaturated/α-hetero) is 1. The monoisotopic (exact) mass is 808 g/mol. The maximum absolute atomic E-state index is 15.9. The van der Waals surface area contributed by atoms with Crippen molar-refractivity contribution in [1.82, 2.24) is 0 Å². The fraction of sp³-hybridized carbons (Fsp3) is 0.468. The van der Waals surface area contributed by atoms with Crippen LogP contribution in [0.4, 0.5) is 0 Å². The Hall–Kier alpha value is -5.17. The maximum Gasteiger partial charge on any atom is 0.310 e. The zero-order valence-electron chi connectivity index (χ0n) is 34.5. The van der Waals surface area contributed by atoms with Gasteiger partial charge in [0.1, 0.15) is 23.9 Å². The normalized spacial score (nSPS) is 31.9. The number of ether oxygens (including phenoxy) is 6. The smallest absolute Gasteiger partial charge is 0.310 e. The zero-order chi connectivity index (χ0) is 42.5. The van der Waals surface area contributed by atoms with Gasteiger partial charge in [0.25, 0.3) is 0 Å². The predicted molar refractivity (Wildman–Crippen MR) is 213 cm³/mol. The molecule has 0 radical (unpaired) electrons. The van der Waals surface area contributed by atoms with Crippen LogP contribution < -0.4 is 0 Å². The molecule has 9 atom stereocenters. The third-order valence-electron chi connectivity index (χ3n) is 13.2. The van der Waals surface area contributed by atoms with Gasteiger partial charge in [-0.25, -0.2) is 0 Å². The van der Waals surface area contributed by atoms with Crippen LogP contribution in [0.2, 0.25) is 0 Å². The Morgan fingerprint density at radius 3 is 1.97 bits per heavy atom. The minimum absolute atomic E-state index is 0.0423. The molecule has 0 amide bonds. The van der Waals surface area contributed by atoms with Crippen molar-refractivity contribution in [3.05, 3.63) is 107 Å². The molecule has 1 aliphatic heterocycles. The molecule has 7 rings (SSSR count). The molecule has 12 nitrogen and oxygen atoms in total. The highest BCUT2D eigenvalue weighted by Gasteiger charge is 2.78. The lowest BCUT2D eigenvalue weighted by Crippen LogP contribution is -2.82. The number of ketones is 1. The standard InChI is InChI=1S/C47H52O12/c1-27-35(56-28(2)48)24-47(53)43(54-25-32-14-10-8-11-15-32)41-45(7,42(52)40(57-29(3)49)39(27)44(47,5)6)36(23-37-46(41,26-55-37)59-30(4)50)58-38(51)22-31-18-20-34(21-19-31)33-16-12-9-13-17-33/h8-21,35-37,40-41,43,53H,22-26H2,1-7H3/t35-,36-,37+,40+,41-,43-,45+,46-,47+/m0/s1. The average molecular weight is 809 g/mol. The van der Waals surface area contributed by atoms with Crippen LogP contribution in [-0.4, -0.2) is 83.1 Å². The van der Waals surface area contributed by atoms with E-state index >= 15 is 4.79 Å². The van der Waals surface area contributed by atoms with E-state index in [0.29, 0.717) is 11.1 Å². The number of carbonyl (C=O) groups excluding carboxylic acids is 5. The van der Waals surface area contributed by atoms with E-state index in [1.165, 1.54) is 20.8 Å². The van der Waals surface area contributed by atoms with Crippen LogP contribution in [-0.2, 0) is 65.4 Å². The molecule has 3 aromatic rings. The average Bonchev–Trinajstić information content (AvgIpc) is 3.18. The first-order valence-electron chi connectivity index (χ1n) is 20.0. The summed E-state index contributed by atoms with van der Waals surface area (Å²) in [7, 11) is 0. The molecule has 1 heterocycles. The van der Waals surface area contributed by atoms with Crippen molar-refractivity contribution < 1.29 is 57.5 Å². The first-order chi connectivity index (χ1) is 27.9.